The maximum Gasteiger partial charge on any atom is 0.314 e. The third-order valence-corrected chi connectivity index (χ3v) is 3.53. The SMILES string of the molecule is Cc1cc(CN(C)C(=O)C2CCCN(C(N)=O)C2)no1. The highest BCUT2D eigenvalue weighted by molar-refractivity contribution is 5.80. The Labute approximate surface area is 117 Å². The number of primary amides is 1. The number of urea groups is 1. The summed E-state index contributed by atoms with van der Waals surface area (Å²) in [4.78, 5) is 26.7. The lowest BCUT2D eigenvalue weighted by atomic mass is 9.97. The monoisotopic (exact) mass is 280 g/mol. The van der Waals surface area contributed by atoms with Crippen LogP contribution >= 0.6 is 0 Å². The van der Waals surface area contributed by atoms with Crippen LogP contribution in [0.25, 0.3) is 0 Å². The van der Waals surface area contributed by atoms with Crippen molar-refractivity contribution in [3.63, 3.8) is 0 Å². The van der Waals surface area contributed by atoms with Crippen molar-refractivity contribution in [2.75, 3.05) is 20.1 Å². The Morgan fingerprint density at radius 3 is 2.95 bits per heavy atom. The van der Waals surface area contributed by atoms with Gasteiger partial charge < -0.3 is 20.1 Å². The van der Waals surface area contributed by atoms with Gasteiger partial charge in [0.1, 0.15) is 11.5 Å². The molecule has 7 heteroatoms. The summed E-state index contributed by atoms with van der Waals surface area (Å²) in [6, 6.07) is 1.35. The summed E-state index contributed by atoms with van der Waals surface area (Å²) in [5, 5.41) is 3.87. The third kappa shape index (κ3) is 3.28. The number of hydrogen-bond acceptors (Lipinski definition) is 4. The summed E-state index contributed by atoms with van der Waals surface area (Å²) in [5.74, 6) is 0.546. The van der Waals surface area contributed by atoms with E-state index in [0.717, 1.165) is 24.3 Å². The first kappa shape index (κ1) is 14.4. The molecule has 1 aromatic rings. The Balaban J connectivity index is 1.94. The molecule has 1 fully saturated rings. The van der Waals surface area contributed by atoms with Crippen LogP contribution in [0.2, 0.25) is 0 Å². The highest BCUT2D eigenvalue weighted by Crippen LogP contribution is 2.19. The number of piperidine rings is 1. The zero-order chi connectivity index (χ0) is 14.7. The smallest absolute Gasteiger partial charge is 0.314 e. The van der Waals surface area contributed by atoms with Crippen molar-refractivity contribution in [3.05, 3.63) is 17.5 Å². The molecule has 0 radical (unpaired) electrons. The minimum Gasteiger partial charge on any atom is -0.361 e. The lowest BCUT2D eigenvalue weighted by molar-refractivity contribution is -0.136. The molecule has 0 saturated carbocycles. The van der Waals surface area contributed by atoms with Crippen molar-refractivity contribution in [3.8, 4) is 0 Å². The Morgan fingerprint density at radius 2 is 2.35 bits per heavy atom. The van der Waals surface area contributed by atoms with Gasteiger partial charge in [0.15, 0.2) is 0 Å². The van der Waals surface area contributed by atoms with Crippen LogP contribution in [0.5, 0.6) is 0 Å². The molecular weight excluding hydrogens is 260 g/mol. The summed E-state index contributed by atoms with van der Waals surface area (Å²) in [6.45, 7) is 3.25. The molecule has 1 aliphatic rings. The Morgan fingerprint density at radius 1 is 1.60 bits per heavy atom. The van der Waals surface area contributed by atoms with Crippen molar-refractivity contribution in [1.82, 2.24) is 15.0 Å². The number of aromatic nitrogens is 1. The number of nitrogens with zero attached hydrogens (tertiary/aromatic N) is 3. The van der Waals surface area contributed by atoms with E-state index in [1.807, 2.05) is 6.92 Å². The third-order valence-electron chi connectivity index (χ3n) is 3.53. The van der Waals surface area contributed by atoms with Crippen LogP contribution in [-0.4, -0.2) is 47.0 Å². The average molecular weight is 280 g/mol. The van der Waals surface area contributed by atoms with Gasteiger partial charge in [-0.3, -0.25) is 4.79 Å². The molecule has 0 aliphatic carbocycles. The van der Waals surface area contributed by atoms with E-state index in [9.17, 15) is 9.59 Å². The highest BCUT2D eigenvalue weighted by atomic mass is 16.5. The zero-order valence-electron chi connectivity index (χ0n) is 11.8. The number of rotatable bonds is 3. The first-order valence-electron chi connectivity index (χ1n) is 6.69. The zero-order valence-corrected chi connectivity index (χ0v) is 11.8. The minimum absolute atomic E-state index is 0.0107. The van der Waals surface area contributed by atoms with Gasteiger partial charge in [-0.2, -0.15) is 0 Å². The van der Waals surface area contributed by atoms with Crippen LogP contribution < -0.4 is 5.73 Å². The summed E-state index contributed by atoms with van der Waals surface area (Å²) >= 11 is 0. The molecule has 1 aliphatic heterocycles. The molecule has 1 atom stereocenters. The molecule has 2 heterocycles. The number of aryl methyl sites for hydroxylation is 1. The average Bonchev–Trinajstić information content (AvgIpc) is 2.83. The minimum atomic E-state index is -0.461. The van der Waals surface area contributed by atoms with Crippen LogP contribution in [0.15, 0.2) is 10.6 Å². The standard InChI is InChI=1S/C13H20N4O3/c1-9-6-11(15-20-9)8-16(2)12(18)10-4-3-5-17(7-10)13(14)19/h6,10H,3-5,7-8H2,1-2H3,(H2,14,19). The molecule has 2 rings (SSSR count). The fourth-order valence-electron chi connectivity index (χ4n) is 2.50. The van der Waals surface area contributed by atoms with Crippen molar-refractivity contribution in [2.24, 2.45) is 11.7 Å². The number of hydrogen-bond donors (Lipinski definition) is 1. The topological polar surface area (TPSA) is 92.7 Å². The number of likely N-dealkylation sites (tertiary alicyclic amines) is 1. The second kappa shape index (κ2) is 5.94. The molecule has 1 saturated heterocycles. The van der Waals surface area contributed by atoms with E-state index in [4.69, 9.17) is 10.3 Å². The predicted molar refractivity (Wildman–Crippen MR) is 71.6 cm³/mol. The molecule has 0 spiro atoms. The summed E-state index contributed by atoms with van der Waals surface area (Å²) < 4.78 is 4.98. The van der Waals surface area contributed by atoms with Gasteiger partial charge in [0.05, 0.1) is 12.5 Å². The van der Waals surface area contributed by atoms with Gasteiger partial charge in [-0.05, 0) is 19.8 Å². The van der Waals surface area contributed by atoms with Crippen LogP contribution in [0, 0.1) is 12.8 Å². The van der Waals surface area contributed by atoms with E-state index in [2.05, 4.69) is 5.16 Å². The van der Waals surface area contributed by atoms with Crippen molar-refractivity contribution >= 4 is 11.9 Å². The second-order valence-corrected chi connectivity index (χ2v) is 5.25. The molecular formula is C13H20N4O3. The largest absolute Gasteiger partial charge is 0.361 e. The molecule has 2 N–H and O–H groups in total. The van der Waals surface area contributed by atoms with Gasteiger partial charge in [0.25, 0.3) is 0 Å². The number of carbonyl (C=O) groups is 2. The second-order valence-electron chi connectivity index (χ2n) is 5.25. The van der Waals surface area contributed by atoms with Crippen LogP contribution in [0.4, 0.5) is 4.79 Å². The van der Waals surface area contributed by atoms with E-state index in [-0.39, 0.29) is 11.8 Å². The van der Waals surface area contributed by atoms with Crippen LogP contribution in [-0.2, 0) is 11.3 Å². The van der Waals surface area contributed by atoms with Gasteiger partial charge in [-0.25, -0.2) is 4.79 Å². The summed E-state index contributed by atoms with van der Waals surface area (Å²) in [5.41, 5.74) is 5.99. The van der Waals surface area contributed by atoms with E-state index < -0.39 is 6.03 Å². The molecule has 20 heavy (non-hydrogen) atoms. The fraction of sp³-hybridized carbons (Fsp3) is 0.615. The molecule has 0 aromatic carbocycles. The van der Waals surface area contributed by atoms with Crippen LogP contribution in [0.3, 0.4) is 0 Å². The van der Waals surface area contributed by atoms with Gasteiger partial charge in [0, 0.05) is 26.2 Å². The van der Waals surface area contributed by atoms with Crippen molar-refractivity contribution in [1.29, 1.82) is 0 Å². The van der Waals surface area contributed by atoms with E-state index in [1.165, 1.54) is 4.90 Å². The summed E-state index contributed by atoms with van der Waals surface area (Å²) in [6.07, 6.45) is 1.58. The lowest BCUT2D eigenvalue weighted by Gasteiger charge is -2.32. The highest BCUT2D eigenvalue weighted by Gasteiger charge is 2.29. The van der Waals surface area contributed by atoms with Crippen molar-refractivity contribution in [2.45, 2.75) is 26.3 Å². The van der Waals surface area contributed by atoms with Gasteiger partial charge in [0.2, 0.25) is 5.91 Å². The lowest BCUT2D eigenvalue weighted by Crippen LogP contribution is -2.47. The van der Waals surface area contributed by atoms with E-state index in [0.29, 0.717) is 19.6 Å². The van der Waals surface area contributed by atoms with Gasteiger partial charge in [-0.15, -0.1) is 0 Å². The molecule has 1 aromatic heterocycles. The fourth-order valence-corrected chi connectivity index (χ4v) is 2.50. The Hall–Kier alpha value is -2.05. The Bertz CT molecular complexity index is 500. The number of nitrogens with two attached hydrogens (primary N) is 1. The maximum atomic E-state index is 12.4. The Kier molecular flexibility index (Phi) is 4.26. The maximum absolute atomic E-state index is 12.4. The molecule has 3 amide bonds. The first-order chi connectivity index (χ1) is 9.47. The number of amides is 3. The van der Waals surface area contributed by atoms with Crippen molar-refractivity contribution < 1.29 is 14.1 Å². The molecule has 1 unspecified atom stereocenters. The summed E-state index contributed by atoms with van der Waals surface area (Å²) in [7, 11) is 1.73. The van der Waals surface area contributed by atoms with E-state index in [1.54, 1.807) is 18.0 Å². The van der Waals surface area contributed by atoms with Gasteiger partial charge >= 0.3 is 6.03 Å². The van der Waals surface area contributed by atoms with E-state index >= 15 is 0 Å². The van der Waals surface area contributed by atoms with Crippen LogP contribution in [0.1, 0.15) is 24.3 Å². The molecule has 0 bridgehead atoms. The quantitative estimate of drug-likeness (QED) is 0.883. The molecule has 110 valence electrons. The normalized spacial score (nSPS) is 18.9. The first-order valence-corrected chi connectivity index (χ1v) is 6.69. The van der Waals surface area contributed by atoms with Gasteiger partial charge in [-0.1, -0.05) is 5.16 Å². The predicted octanol–water partition coefficient (Wildman–Crippen LogP) is 0.732. The number of carbonyl (C=O) groups excluding carboxylic acids is 2. The molecule has 7 nitrogen and oxygen atoms in total.